The molecule has 7 nitrogen and oxygen atoms in total. The number of nitrogens with zero attached hydrogens (tertiary/aromatic N) is 1. The maximum atomic E-state index is 12.2. The fraction of sp³-hybridized carbons (Fsp3) is 0.417. The highest BCUT2D eigenvalue weighted by Gasteiger charge is 2.21. The molecule has 20 heavy (non-hydrogen) atoms. The zero-order chi connectivity index (χ0) is 14.8. The van der Waals surface area contributed by atoms with Crippen LogP contribution >= 0.6 is 0 Å². The van der Waals surface area contributed by atoms with E-state index < -0.39 is 10.0 Å². The lowest BCUT2D eigenvalue weighted by atomic mass is 10.4. The third kappa shape index (κ3) is 3.27. The topological polar surface area (TPSA) is 97.4 Å². The van der Waals surface area contributed by atoms with Gasteiger partial charge in [-0.05, 0) is 20.9 Å². The Balaban J connectivity index is 2.13. The molecule has 0 bridgehead atoms. The van der Waals surface area contributed by atoms with Crippen molar-refractivity contribution in [1.29, 1.82) is 0 Å². The maximum Gasteiger partial charge on any atom is 0.244 e. The fourth-order valence-corrected chi connectivity index (χ4v) is 3.00. The molecule has 110 valence electrons. The highest BCUT2D eigenvalue weighted by Crippen LogP contribution is 2.20. The molecule has 0 amide bonds. The molecule has 0 aliphatic rings. The molecule has 0 aliphatic heterocycles. The first-order chi connectivity index (χ1) is 9.42. The van der Waals surface area contributed by atoms with Crippen LogP contribution in [0.2, 0.25) is 0 Å². The first-order valence-corrected chi connectivity index (χ1v) is 7.56. The predicted molar refractivity (Wildman–Crippen MR) is 71.5 cm³/mol. The minimum Gasteiger partial charge on any atom is -0.464 e. The monoisotopic (exact) mass is 299 g/mol. The van der Waals surface area contributed by atoms with E-state index in [1.54, 1.807) is 27.0 Å². The lowest BCUT2D eigenvalue weighted by Crippen LogP contribution is -2.23. The van der Waals surface area contributed by atoms with Crippen LogP contribution in [0.4, 0.5) is 0 Å². The van der Waals surface area contributed by atoms with Gasteiger partial charge in [0.2, 0.25) is 10.0 Å². The molecule has 0 radical (unpaired) electrons. The molecule has 0 saturated heterocycles. The third-order valence-corrected chi connectivity index (χ3v) is 4.19. The average molecular weight is 299 g/mol. The summed E-state index contributed by atoms with van der Waals surface area (Å²) < 4.78 is 37.1. The van der Waals surface area contributed by atoms with Crippen LogP contribution in [0.1, 0.15) is 23.0 Å². The molecule has 8 heteroatoms. The van der Waals surface area contributed by atoms with Crippen molar-refractivity contribution in [2.75, 3.05) is 7.05 Å². The zero-order valence-corrected chi connectivity index (χ0v) is 12.4. The molecule has 0 spiro atoms. The second-order valence-corrected chi connectivity index (χ2v) is 6.15. The van der Waals surface area contributed by atoms with E-state index in [2.05, 4.69) is 15.2 Å². The van der Waals surface area contributed by atoms with Crippen LogP contribution < -0.4 is 10.0 Å². The minimum absolute atomic E-state index is 0.0751. The van der Waals surface area contributed by atoms with E-state index in [1.807, 2.05) is 0 Å². The number of aromatic nitrogens is 1. The number of sulfonamides is 1. The highest BCUT2D eigenvalue weighted by atomic mass is 32.2. The van der Waals surface area contributed by atoms with Crippen molar-refractivity contribution in [3.05, 3.63) is 35.1 Å². The van der Waals surface area contributed by atoms with Gasteiger partial charge in [-0.1, -0.05) is 5.16 Å². The lowest BCUT2D eigenvalue weighted by Gasteiger charge is -2.02. The first-order valence-electron chi connectivity index (χ1n) is 6.08. The zero-order valence-electron chi connectivity index (χ0n) is 11.6. The SMILES string of the molecule is CNCc1cc(S(=O)(=O)NCc2cc(C)on2)c(C)o1. The number of aryl methyl sites for hydroxylation is 2. The van der Waals surface area contributed by atoms with E-state index in [0.717, 1.165) is 0 Å². The Hall–Kier alpha value is -1.64. The van der Waals surface area contributed by atoms with E-state index in [0.29, 0.717) is 29.5 Å². The van der Waals surface area contributed by atoms with Gasteiger partial charge < -0.3 is 14.3 Å². The Morgan fingerprint density at radius 2 is 2.00 bits per heavy atom. The van der Waals surface area contributed by atoms with Gasteiger partial charge in [0.1, 0.15) is 22.2 Å². The first kappa shape index (κ1) is 14.8. The summed E-state index contributed by atoms with van der Waals surface area (Å²) in [7, 11) is -1.87. The van der Waals surface area contributed by atoms with Crippen molar-refractivity contribution in [3.63, 3.8) is 0 Å². The number of rotatable bonds is 6. The molecule has 0 atom stereocenters. The molecule has 0 aliphatic carbocycles. The van der Waals surface area contributed by atoms with Gasteiger partial charge in [0.15, 0.2) is 0 Å². The Kier molecular flexibility index (Phi) is 4.26. The van der Waals surface area contributed by atoms with Gasteiger partial charge in [-0.15, -0.1) is 0 Å². The smallest absolute Gasteiger partial charge is 0.244 e. The van der Waals surface area contributed by atoms with Crippen molar-refractivity contribution in [3.8, 4) is 0 Å². The van der Waals surface area contributed by atoms with Crippen LogP contribution in [-0.2, 0) is 23.1 Å². The average Bonchev–Trinajstić information content (AvgIpc) is 2.94. The van der Waals surface area contributed by atoms with Gasteiger partial charge in [-0.25, -0.2) is 13.1 Å². The van der Waals surface area contributed by atoms with Gasteiger partial charge in [0.05, 0.1) is 18.8 Å². The summed E-state index contributed by atoms with van der Waals surface area (Å²) in [5.41, 5.74) is 0.530. The quantitative estimate of drug-likeness (QED) is 0.828. The third-order valence-electron chi connectivity index (χ3n) is 2.68. The van der Waals surface area contributed by atoms with Gasteiger partial charge in [-0.2, -0.15) is 0 Å². The van der Waals surface area contributed by atoms with E-state index in [4.69, 9.17) is 8.94 Å². The molecular weight excluding hydrogens is 282 g/mol. The summed E-state index contributed by atoms with van der Waals surface area (Å²) in [6.45, 7) is 3.91. The number of hydrogen-bond donors (Lipinski definition) is 2. The number of furan rings is 1. The van der Waals surface area contributed by atoms with Crippen LogP contribution in [0.5, 0.6) is 0 Å². The highest BCUT2D eigenvalue weighted by molar-refractivity contribution is 7.89. The Morgan fingerprint density at radius 1 is 1.25 bits per heavy atom. The standard InChI is InChI=1S/C12H17N3O4S/c1-8-4-10(15-19-8)6-14-20(16,17)12-5-11(7-13-3)18-9(12)2/h4-5,13-14H,6-7H2,1-3H3. The summed E-state index contributed by atoms with van der Waals surface area (Å²) in [4.78, 5) is 0.142. The minimum atomic E-state index is -3.63. The van der Waals surface area contributed by atoms with Crippen LogP contribution in [0.3, 0.4) is 0 Å². The molecule has 0 aromatic carbocycles. The van der Waals surface area contributed by atoms with Gasteiger partial charge in [0, 0.05) is 12.1 Å². The predicted octanol–water partition coefficient (Wildman–Crippen LogP) is 1.08. The molecule has 2 heterocycles. The lowest BCUT2D eigenvalue weighted by molar-refractivity contribution is 0.390. The summed E-state index contributed by atoms with van der Waals surface area (Å²) in [6, 6.07) is 3.19. The number of nitrogens with one attached hydrogen (secondary N) is 2. The normalized spacial score (nSPS) is 11.9. The molecule has 0 fully saturated rings. The largest absolute Gasteiger partial charge is 0.464 e. The van der Waals surface area contributed by atoms with Gasteiger partial charge >= 0.3 is 0 Å². The number of hydrogen-bond acceptors (Lipinski definition) is 6. The molecular formula is C12H17N3O4S. The second kappa shape index (κ2) is 5.78. The molecule has 0 saturated carbocycles. The summed E-state index contributed by atoms with van der Waals surface area (Å²) >= 11 is 0. The Bertz CT molecular complexity index is 687. The molecule has 2 aromatic rings. The fourth-order valence-electron chi connectivity index (χ4n) is 1.80. The Morgan fingerprint density at radius 3 is 2.60 bits per heavy atom. The van der Waals surface area contributed by atoms with Crippen LogP contribution in [0.25, 0.3) is 0 Å². The summed E-state index contributed by atoms with van der Waals surface area (Å²) in [6.07, 6.45) is 0. The molecule has 2 N–H and O–H groups in total. The van der Waals surface area contributed by atoms with Crippen molar-refractivity contribution >= 4 is 10.0 Å². The second-order valence-electron chi connectivity index (χ2n) is 4.42. The maximum absolute atomic E-state index is 12.2. The van der Waals surface area contributed by atoms with Gasteiger partial charge in [0.25, 0.3) is 0 Å². The Labute approximate surface area is 117 Å². The van der Waals surface area contributed by atoms with Crippen molar-refractivity contribution in [2.24, 2.45) is 0 Å². The summed E-state index contributed by atoms with van der Waals surface area (Å²) in [5.74, 6) is 1.57. The summed E-state index contributed by atoms with van der Waals surface area (Å²) in [5, 5.41) is 6.64. The molecule has 2 rings (SSSR count). The van der Waals surface area contributed by atoms with Crippen LogP contribution in [-0.4, -0.2) is 20.6 Å². The van der Waals surface area contributed by atoms with Crippen molar-refractivity contribution < 1.29 is 17.4 Å². The van der Waals surface area contributed by atoms with E-state index in [-0.39, 0.29) is 11.4 Å². The van der Waals surface area contributed by atoms with Crippen LogP contribution in [0, 0.1) is 13.8 Å². The van der Waals surface area contributed by atoms with Gasteiger partial charge in [-0.3, -0.25) is 0 Å². The van der Waals surface area contributed by atoms with Crippen LogP contribution in [0.15, 0.2) is 26.0 Å². The molecule has 2 aromatic heterocycles. The van der Waals surface area contributed by atoms with E-state index >= 15 is 0 Å². The van der Waals surface area contributed by atoms with E-state index in [9.17, 15) is 8.42 Å². The van der Waals surface area contributed by atoms with Crippen molar-refractivity contribution in [2.45, 2.75) is 31.8 Å². The van der Waals surface area contributed by atoms with E-state index in [1.165, 1.54) is 6.07 Å². The van der Waals surface area contributed by atoms with Crippen molar-refractivity contribution in [1.82, 2.24) is 15.2 Å². The molecule has 0 unspecified atom stereocenters.